The molecule has 0 bridgehead atoms. The molecule has 0 atom stereocenters. The SMILES string of the molecule is CC(C)c1ccccc1N=C1SCCCN1C(=O)c1nc(-c2ccccc2)n(-c2ccccc2)n1. The molecule has 35 heavy (non-hydrogen) atoms. The fourth-order valence-corrected chi connectivity index (χ4v) is 5.02. The Morgan fingerprint density at radius 3 is 2.37 bits per heavy atom. The van der Waals surface area contributed by atoms with Gasteiger partial charge >= 0.3 is 0 Å². The zero-order valence-electron chi connectivity index (χ0n) is 19.8. The van der Waals surface area contributed by atoms with Crippen LogP contribution in [0.25, 0.3) is 17.1 Å². The van der Waals surface area contributed by atoms with E-state index in [0.717, 1.165) is 34.7 Å². The molecule has 6 nitrogen and oxygen atoms in total. The van der Waals surface area contributed by atoms with Crippen molar-refractivity contribution in [2.75, 3.05) is 12.3 Å². The summed E-state index contributed by atoms with van der Waals surface area (Å²) in [6, 6.07) is 27.7. The number of amidine groups is 1. The quantitative estimate of drug-likeness (QED) is 0.334. The standard InChI is InChI=1S/C28H27N5OS/c1-20(2)23-16-9-10-17-24(23)29-28-32(18-11-19-35-28)27(34)25-30-26(21-12-5-3-6-13-21)33(31-25)22-14-7-4-8-15-22/h3-10,12-17,20H,11,18-19H2,1-2H3. The van der Waals surface area contributed by atoms with Crippen LogP contribution in [-0.4, -0.2) is 43.0 Å². The number of nitrogens with zero attached hydrogens (tertiary/aromatic N) is 5. The van der Waals surface area contributed by atoms with Gasteiger partial charge in [0, 0.05) is 17.9 Å². The number of carbonyl (C=O) groups excluding carboxylic acids is 1. The van der Waals surface area contributed by atoms with Crippen LogP contribution in [0.1, 0.15) is 42.4 Å². The van der Waals surface area contributed by atoms with Crippen LogP contribution in [0.5, 0.6) is 0 Å². The van der Waals surface area contributed by atoms with Crippen molar-refractivity contribution in [3.05, 3.63) is 96.3 Å². The second kappa shape index (κ2) is 10.3. The van der Waals surface area contributed by atoms with E-state index >= 15 is 0 Å². The van der Waals surface area contributed by atoms with Crippen LogP contribution in [0.3, 0.4) is 0 Å². The van der Waals surface area contributed by atoms with Gasteiger partial charge in [0.05, 0.1) is 11.4 Å². The zero-order chi connectivity index (χ0) is 24.2. The first-order valence-corrected chi connectivity index (χ1v) is 12.8. The van der Waals surface area contributed by atoms with E-state index in [4.69, 9.17) is 9.98 Å². The molecule has 1 fully saturated rings. The molecule has 0 spiro atoms. The van der Waals surface area contributed by atoms with Crippen molar-refractivity contribution in [3.8, 4) is 17.1 Å². The highest BCUT2D eigenvalue weighted by Crippen LogP contribution is 2.30. The lowest BCUT2D eigenvalue weighted by Gasteiger charge is -2.27. The Hall–Kier alpha value is -3.71. The largest absolute Gasteiger partial charge is 0.299 e. The maximum Gasteiger partial charge on any atom is 0.299 e. The minimum atomic E-state index is -0.232. The maximum atomic E-state index is 13.7. The minimum Gasteiger partial charge on any atom is -0.284 e. The first-order chi connectivity index (χ1) is 17.1. The third kappa shape index (κ3) is 4.91. The van der Waals surface area contributed by atoms with Crippen molar-refractivity contribution in [1.29, 1.82) is 0 Å². The van der Waals surface area contributed by atoms with Crippen molar-refractivity contribution in [3.63, 3.8) is 0 Å². The van der Waals surface area contributed by atoms with Crippen molar-refractivity contribution >= 4 is 28.5 Å². The van der Waals surface area contributed by atoms with Crippen molar-refractivity contribution in [1.82, 2.24) is 19.7 Å². The Bertz CT molecular complexity index is 1290. The fourth-order valence-electron chi connectivity index (χ4n) is 4.07. The van der Waals surface area contributed by atoms with Gasteiger partial charge in [-0.1, -0.05) is 92.3 Å². The summed E-state index contributed by atoms with van der Waals surface area (Å²) in [4.78, 5) is 25.1. The van der Waals surface area contributed by atoms with E-state index in [2.05, 4.69) is 25.0 Å². The number of rotatable bonds is 5. The Morgan fingerprint density at radius 1 is 0.943 bits per heavy atom. The fraction of sp³-hybridized carbons (Fsp3) is 0.214. The summed E-state index contributed by atoms with van der Waals surface area (Å²) in [5.41, 5.74) is 3.82. The van der Waals surface area contributed by atoms with Crippen LogP contribution >= 0.6 is 11.8 Å². The number of carbonyl (C=O) groups is 1. The molecule has 0 N–H and O–H groups in total. The lowest BCUT2D eigenvalue weighted by atomic mass is 10.0. The molecule has 0 unspecified atom stereocenters. The van der Waals surface area contributed by atoms with Gasteiger partial charge in [-0.15, -0.1) is 5.10 Å². The van der Waals surface area contributed by atoms with E-state index in [1.165, 1.54) is 0 Å². The highest BCUT2D eigenvalue weighted by Gasteiger charge is 2.29. The number of hydrogen-bond acceptors (Lipinski definition) is 5. The van der Waals surface area contributed by atoms with Gasteiger partial charge in [0.1, 0.15) is 0 Å². The van der Waals surface area contributed by atoms with E-state index < -0.39 is 0 Å². The monoisotopic (exact) mass is 481 g/mol. The molecule has 1 aromatic heterocycles. The van der Waals surface area contributed by atoms with Crippen LogP contribution in [0.4, 0.5) is 5.69 Å². The Morgan fingerprint density at radius 2 is 1.63 bits per heavy atom. The Kier molecular flexibility index (Phi) is 6.77. The van der Waals surface area contributed by atoms with Gasteiger partial charge in [-0.2, -0.15) is 0 Å². The molecular formula is C28H27N5OS. The third-order valence-corrected chi connectivity index (χ3v) is 6.90. The number of aliphatic imine (C=N–C) groups is 1. The Labute approximate surface area is 209 Å². The summed E-state index contributed by atoms with van der Waals surface area (Å²) in [5.74, 6) is 1.83. The van der Waals surface area contributed by atoms with E-state index in [1.807, 2.05) is 78.9 Å². The van der Waals surface area contributed by atoms with Gasteiger partial charge in [-0.3, -0.25) is 9.69 Å². The van der Waals surface area contributed by atoms with E-state index in [1.54, 1.807) is 21.3 Å². The average Bonchev–Trinajstić information content (AvgIpc) is 3.35. The number of para-hydroxylation sites is 2. The molecule has 5 rings (SSSR count). The molecule has 1 aliphatic rings. The molecule has 2 heterocycles. The van der Waals surface area contributed by atoms with E-state index in [0.29, 0.717) is 23.5 Å². The van der Waals surface area contributed by atoms with Crippen molar-refractivity contribution < 1.29 is 4.79 Å². The van der Waals surface area contributed by atoms with E-state index in [9.17, 15) is 4.79 Å². The number of aromatic nitrogens is 3. The number of thioether (sulfide) groups is 1. The Balaban J connectivity index is 1.55. The predicted octanol–water partition coefficient (Wildman–Crippen LogP) is 6.32. The molecule has 1 aliphatic heterocycles. The van der Waals surface area contributed by atoms with Gasteiger partial charge in [-0.25, -0.2) is 14.7 Å². The van der Waals surface area contributed by atoms with E-state index in [-0.39, 0.29) is 11.7 Å². The molecule has 176 valence electrons. The van der Waals surface area contributed by atoms with Crippen LogP contribution in [0.15, 0.2) is 89.9 Å². The van der Waals surface area contributed by atoms with Gasteiger partial charge in [0.2, 0.25) is 5.82 Å². The second-order valence-corrected chi connectivity index (χ2v) is 9.70. The molecule has 7 heteroatoms. The smallest absolute Gasteiger partial charge is 0.284 e. The normalized spacial score (nSPS) is 15.1. The second-order valence-electron chi connectivity index (χ2n) is 8.64. The van der Waals surface area contributed by atoms with Crippen LogP contribution in [0.2, 0.25) is 0 Å². The topological polar surface area (TPSA) is 63.4 Å². The first-order valence-electron chi connectivity index (χ1n) is 11.8. The maximum absolute atomic E-state index is 13.7. The number of hydrogen-bond donors (Lipinski definition) is 0. The minimum absolute atomic E-state index is 0.167. The molecule has 3 aromatic carbocycles. The lowest BCUT2D eigenvalue weighted by molar-refractivity contribution is 0.0838. The molecule has 0 radical (unpaired) electrons. The molecular weight excluding hydrogens is 454 g/mol. The highest BCUT2D eigenvalue weighted by molar-refractivity contribution is 8.13. The average molecular weight is 482 g/mol. The van der Waals surface area contributed by atoms with Crippen molar-refractivity contribution in [2.24, 2.45) is 4.99 Å². The number of benzene rings is 3. The summed E-state index contributed by atoms with van der Waals surface area (Å²) in [6.07, 6.45) is 0.895. The molecule has 1 saturated heterocycles. The van der Waals surface area contributed by atoms with Crippen LogP contribution in [-0.2, 0) is 0 Å². The summed E-state index contributed by atoms with van der Waals surface area (Å²) in [5, 5.41) is 5.37. The molecule has 0 aliphatic carbocycles. The van der Waals surface area contributed by atoms with Gasteiger partial charge in [0.15, 0.2) is 11.0 Å². The molecule has 1 amide bonds. The summed E-state index contributed by atoms with van der Waals surface area (Å²) in [6.45, 7) is 4.90. The van der Waals surface area contributed by atoms with Crippen LogP contribution in [0, 0.1) is 0 Å². The predicted molar refractivity (Wildman–Crippen MR) is 143 cm³/mol. The van der Waals surface area contributed by atoms with Gasteiger partial charge in [0.25, 0.3) is 5.91 Å². The summed E-state index contributed by atoms with van der Waals surface area (Å²) >= 11 is 1.61. The summed E-state index contributed by atoms with van der Waals surface area (Å²) < 4.78 is 1.74. The molecule has 0 saturated carbocycles. The third-order valence-electron chi connectivity index (χ3n) is 5.84. The van der Waals surface area contributed by atoms with Gasteiger partial charge in [-0.05, 0) is 36.1 Å². The van der Waals surface area contributed by atoms with Crippen molar-refractivity contribution in [2.45, 2.75) is 26.2 Å². The summed E-state index contributed by atoms with van der Waals surface area (Å²) in [7, 11) is 0. The van der Waals surface area contributed by atoms with Gasteiger partial charge < -0.3 is 0 Å². The van der Waals surface area contributed by atoms with Crippen LogP contribution < -0.4 is 0 Å². The highest BCUT2D eigenvalue weighted by atomic mass is 32.2. The zero-order valence-corrected chi connectivity index (χ0v) is 20.7. The number of amides is 1. The molecule has 4 aromatic rings. The lowest BCUT2D eigenvalue weighted by Crippen LogP contribution is -2.39. The first kappa shape index (κ1) is 23.1.